The summed E-state index contributed by atoms with van der Waals surface area (Å²) >= 11 is 1.38. The molecule has 1 aromatic heterocycles. The molecule has 8 heteroatoms. The fourth-order valence-electron chi connectivity index (χ4n) is 3.61. The highest BCUT2D eigenvalue weighted by Crippen LogP contribution is 2.45. The van der Waals surface area contributed by atoms with Gasteiger partial charge in [0.15, 0.2) is 16.7 Å². The van der Waals surface area contributed by atoms with Crippen molar-refractivity contribution in [3.63, 3.8) is 0 Å². The third-order valence-electron chi connectivity index (χ3n) is 4.72. The first-order chi connectivity index (χ1) is 12.9. The summed E-state index contributed by atoms with van der Waals surface area (Å²) in [7, 11) is 1.86. The smallest absolute Gasteiger partial charge is 0.238 e. The molecule has 0 bridgehead atoms. The van der Waals surface area contributed by atoms with E-state index < -0.39 is 5.54 Å². The summed E-state index contributed by atoms with van der Waals surface area (Å²) in [5.74, 6) is 1.70. The number of thioether (sulfide) groups is 1. The predicted octanol–water partition coefficient (Wildman–Crippen LogP) is 2.91. The van der Waals surface area contributed by atoms with Gasteiger partial charge in [-0.2, -0.15) is 0 Å². The number of ether oxygens (including phenoxy) is 2. The standard InChI is InChI=1S/C19H22N4O3S/c1-12-9-19(2,3)23(17(24)10-27-18-21-20-11-22(18)4)14-8-16-15(7-13(12)14)25-5-6-26-16/h7-9,11H,5-6,10H2,1-4H3. The van der Waals surface area contributed by atoms with Crippen molar-refractivity contribution in [3.8, 4) is 11.5 Å². The van der Waals surface area contributed by atoms with Gasteiger partial charge < -0.3 is 18.9 Å². The average molecular weight is 386 g/mol. The number of rotatable bonds is 3. The molecule has 3 heterocycles. The Hall–Kier alpha value is -2.48. The maximum atomic E-state index is 13.2. The van der Waals surface area contributed by atoms with E-state index in [1.165, 1.54) is 11.8 Å². The van der Waals surface area contributed by atoms with Gasteiger partial charge in [0, 0.05) is 18.7 Å². The lowest BCUT2D eigenvalue weighted by atomic mass is 9.88. The number of anilines is 1. The van der Waals surface area contributed by atoms with Gasteiger partial charge in [0.2, 0.25) is 5.91 Å². The number of hydrogen-bond acceptors (Lipinski definition) is 6. The van der Waals surface area contributed by atoms with Crippen molar-refractivity contribution in [1.82, 2.24) is 14.8 Å². The Labute approximate surface area is 162 Å². The Balaban J connectivity index is 1.69. The molecule has 0 saturated heterocycles. The number of allylic oxidation sites excluding steroid dienone is 1. The quantitative estimate of drug-likeness (QED) is 0.756. The van der Waals surface area contributed by atoms with Gasteiger partial charge in [-0.15, -0.1) is 10.2 Å². The number of hydrogen-bond donors (Lipinski definition) is 0. The monoisotopic (exact) mass is 386 g/mol. The van der Waals surface area contributed by atoms with E-state index in [9.17, 15) is 4.79 Å². The van der Waals surface area contributed by atoms with E-state index >= 15 is 0 Å². The molecule has 0 fully saturated rings. The summed E-state index contributed by atoms with van der Waals surface area (Å²) < 4.78 is 13.3. The van der Waals surface area contributed by atoms with Crippen molar-refractivity contribution in [3.05, 3.63) is 30.1 Å². The van der Waals surface area contributed by atoms with Crippen molar-refractivity contribution in [2.45, 2.75) is 31.5 Å². The van der Waals surface area contributed by atoms with E-state index in [0.29, 0.717) is 24.1 Å². The fourth-order valence-corrected chi connectivity index (χ4v) is 4.35. The molecule has 2 aliphatic heterocycles. The minimum Gasteiger partial charge on any atom is -0.486 e. The molecule has 0 aliphatic carbocycles. The number of benzene rings is 1. The third kappa shape index (κ3) is 3.18. The number of amides is 1. The zero-order valence-electron chi connectivity index (χ0n) is 15.9. The molecule has 1 amide bonds. The normalized spacial score (nSPS) is 17.3. The SMILES string of the molecule is CC1=CC(C)(C)N(C(=O)CSc2nncn2C)c2cc3c(cc21)OCCO3. The molecule has 0 unspecified atom stereocenters. The third-order valence-corrected chi connectivity index (χ3v) is 5.74. The first-order valence-electron chi connectivity index (χ1n) is 8.80. The van der Waals surface area contributed by atoms with Gasteiger partial charge in [0.05, 0.1) is 17.0 Å². The van der Waals surface area contributed by atoms with Gasteiger partial charge in [0.25, 0.3) is 0 Å². The Kier molecular flexibility index (Phi) is 4.38. The molecule has 4 rings (SSSR count). The van der Waals surface area contributed by atoms with Crippen LogP contribution in [0.15, 0.2) is 29.7 Å². The summed E-state index contributed by atoms with van der Waals surface area (Å²) in [5.41, 5.74) is 2.53. The van der Waals surface area contributed by atoms with Crippen LogP contribution in [0.3, 0.4) is 0 Å². The van der Waals surface area contributed by atoms with Crippen LogP contribution in [0.25, 0.3) is 5.57 Å². The van der Waals surface area contributed by atoms with Gasteiger partial charge >= 0.3 is 0 Å². The molecule has 2 aromatic rings. The van der Waals surface area contributed by atoms with Crippen molar-refractivity contribution in [2.75, 3.05) is 23.9 Å². The number of carbonyl (C=O) groups excluding carboxylic acids is 1. The van der Waals surface area contributed by atoms with Crippen LogP contribution in [0.1, 0.15) is 26.3 Å². The number of aryl methyl sites for hydroxylation is 1. The highest BCUT2D eigenvalue weighted by Gasteiger charge is 2.37. The van der Waals surface area contributed by atoms with E-state index in [-0.39, 0.29) is 11.7 Å². The van der Waals surface area contributed by atoms with Gasteiger partial charge in [0.1, 0.15) is 19.5 Å². The molecule has 7 nitrogen and oxygen atoms in total. The van der Waals surface area contributed by atoms with E-state index in [0.717, 1.165) is 22.6 Å². The van der Waals surface area contributed by atoms with E-state index in [4.69, 9.17) is 9.47 Å². The molecular weight excluding hydrogens is 364 g/mol. The highest BCUT2D eigenvalue weighted by molar-refractivity contribution is 7.99. The first kappa shape index (κ1) is 17.9. The van der Waals surface area contributed by atoms with Crippen LogP contribution in [0.2, 0.25) is 0 Å². The maximum absolute atomic E-state index is 13.2. The van der Waals surface area contributed by atoms with E-state index in [1.54, 1.807) is 10.9 Å². The van der Waals surface area contributed by atoms with Crippen LogP contribution in [-0.4, -0.2) is 45.2 Å². The maximum Gasteiger partial charge on any atom is 0.238 e. The minimum absolute atomic E-state index is 0.00896. The summed E-state index contributed by atoms with van der Waals surface area (Å²) in [6, 6.07) is 3.90. The molecule has 2 aliphatic rings. The zero-order chi connectivity index (χ0) is 19.2. The molecule has 0 saturated carbocycles. The van der Waals surface area contributed by atoms with E-state index in [1.807, 2.05) is 37.9 Å². The first-order valence-corrected chi connectivity index (χ1v) is 9.79. The van der Waals surface area contributed by atoms with Crippen LogP contribution in [0, 0.1) is 0 Å². The largest absolute Gasteiger partial charge is 0.486 e. The van der Waals surface area contributed by atoms with Gasteiger partial charge in [-0.05, 0) is 32.4 Å². The topological polar surface area (TPSA) is 69.5 Å². The number of carbonyl (C=O) groups is 1. The second-order valence-corrected chi connectivity index (χ2v) is 8.18. The summed E-state index contributed by atoms with van der Waals surface area (Å²) in [6.07, 6.45) is 3.75. The second kappa shape index (κ2) is 6.60. The van der Waals surface area contributed by atoms with Crippen LogP contribution in [0.5, 0.6) is 11.5 Å². The fraction of sp³-hybridized carbons (Fsp3) is 0.421. The predicted molar refractivity (Wildman–Crippen MR) is 104 cm³/mol. The molecule has 27 heavy (non-hydrogen) atoms. The molecule has 142 valence electrons. The number of fused-ring (bicyclic) bond motifs is 2. The number of aromatic nitrogens is 3. The van der Waals surface area contributed by atoms with Crippen molar-refractivity contribution < 1.29 is 14.3 Å². The molecule has 0 spiro atoms. The second-order valence-electron chi connectivity index (χ2n) is 7.24. The Morgan fingerprint density at radius 1 is 1.26 bits per heavy atom. The minimum atomic E-state index is -0.446. The molecule has 0 radical (unpaired) electrons. The van der Waals surface area contributed by atoms with Gasteiger partial charge in [-0.25, -0.2) is 0 Å². The molecule has 0 N–H and O–H groups in total. The number of nitrogens with zero attached hydrogens (tertiary/aromatic N) is 4. The van der Waals surface area contributed by atoms with Crippen LogP contribution < -0.4 is 14.4 Å². The molecule has 1 aromatic carbocycles. The Bertz CT molecular complexity index is 935. The van der Waals surface area contributed by atoms with Crippen molar-refractivity contribution >= 4 is 28.9 Å². The summed E-state index contributed by atoms with van der Waals surface area (Å²) in [4.78, 5) is 15.0. The lowest BCUT2D eigenvalue weighted by molar-refractivity contribution is -0.116. The van der Waals surface area contributed by atoms with Gasteiger partial charge in [-0.1, -0.05) is 17.8 Å². The van der Waals surface area contributed by atoms with Crippen LogP contribution >= 0.6 is 11.8 Å². The highest BCUT2D eigenvalue weighted by atomic mass is 32.2. The molecular formula is C19H22N4O3S. The summed E-state index contributed by atoms with van der Waals surface area (Å²) in [5, 5.41) is 8.62. The van der Waals surface area contributed by atoms with E-state index in [2.05, 4.69) is 23.2 Å². The van der Waals surface area contributed by atoms with Gasteiger partial charge in [-0.3, -0.25) is 4.79 Å². The Morgan fingerprint density at radius 3 is 2.63 bits per heavy atom. The van der Waals surface area contributed by atoms with Crippen LogP contribution in [0.4, 0.5) is 5.69 Å². The van der Waals surface area contributed by atoms with Crippen molar-refractivity contribution in [1.29, 1.82) is 0 Å². The molecule has 0 atom stereocenters. The van der Waals surface area contributed by atoms with Crippen LogP contribution in [-0.2, 0) is 11.8 Å². The average Bonchev–Trinajstić information content (AvgIpc) is 3.03. The lowest BCUT2D eigenvalue weighted by Gasteiger charge is -2.42. The van der Waals surface area contributed by atoms with Crippen molar-refractivity contribution in [2.24, 2.45) is 7.05 Å². The summed E-state index contributed by atoms with van der Waals surface area (Å²) in [6.45, 7) is 7.20. The zero-order valence-corrected chi connectivity index (χ0v) is 16.7. The lowest BCUT2D eigenvalue weighted by Crippen LogP contribution is -2.49. The Morgan fingerprint density at radius 2 is 1.96 bits per heavy atom.